The average molecular weight is 336 g/mol. The van der Waals surface area contributed by atoms with Crippen LogP contribution in [0.5, 0.6) is 0 Å². The summed E-state index contributed by atoms with van der Waals surface area (Å²) in [6.07, 6.45) is 1.28. The van der Waals surface area contributed by atoms with Crippen molar-refractivity contribution in [2.45, 2.75) is 32.7 Å². The Labute approximate surface area is 147 Å². The van der Waals surface area contributed by atoms with Gasteiger partial charge in [-0.25, -0.2) is 4.39 Å². The fraction of sp³-hybridized carbons (Fsp3) is 0.333. The van der Waals surface area contributed by atoms with Gasteiger partial charge in [0, 0.05) is 12.1 Å². The van der Waals surface area contributed by atoms with E-state index in [0.29, 0.717) is 6.42 Å². The van der Waals surface area contributed by atoms with E-state index in [2.05, 4.69) is 19.2 Å². The van der Waals surface area contributed by atoms with Gasteiger partial charge >= 0.3 is 0 Å². The predicted octanol–water partition coefficient (Wildman–Crippen LogP) is 5.07. The molecule has 0 amide bonds. The second kappa shape index (κ2) is 5.80. The molecule has 2 aliphatic rings. The number of para-hydroxylation sites is 2. The monoisotopic (exact) mass is 336 g/mol. The number of carbonyl (C=O) groups is 1. The molecule has 0 saturated heterocycles. The van der Waals surface area contributed by atoms with Gasteiger partial charge in [-0.2, -0.15) is 0 Å². The molecule has 4 rings (SSSR count). The van der Waals surface area contributed by atoms with Gasteiger partial charge in [0.2, 0.25) is 0 Å². The maximum atomic E-state index is 13.8. The Kier molecular flexibility index (Phi) is 3.71. The molecule has 0 spiro atoms. The van der Waals surface area contributed by atoms with E-state index in [1.807, 2.05) is 30.3 Å². The van der Waals surface area contributed by atoms with Crippen molar-refractivity contribution < 1.29 is 9.18 Å². The Hall–Kier alpha value is -2.49. The first-order valence-corrected chi connectivity index (χ1v) is 8.64. The molecule has 1 heterocycles. The molecule has 3 nitrogen and oxygen atoms in total. The number of halogens is 1. The number of benzene rings is 2. The van der Waals surface area contributed by atoms with Gasteiger partial charge in [-0.1, -0.05) is 38.1 Å². The average Bonchev–Trinajstić information content (AvgIpc) is 2.70. The Morgan fingerprint density at radius 3 is 2.72 bits per heavy atom. The zero-order valence-electron chi connectivity index (χ0n) is 14.4. The minimum Gasteiger partial charge on any atom is -0.375 e. The predicted molar refractivity (Wildman–Crippen MR) is 97.8 cm³/mol. The number of rotatable bonds is 1. The van der Waals surface area contributed by atoms with Crippen molar-refractivity contribution in [3.8, 4) is 0 Å². The summed E-state index contributed by atoms with van der Waals surface area (Å²) in [5, 5.41) is 3.46. The van der Waals surface area contributed by atoms with E-state index in [0.717, 1.165) is 29.1 Å². The number of ketones is 1. The molecule has 1 N–H and O–H groups in total. The molecule has 1 aliphatic carbocycles. The summed E-state index contributed by atoms with van der Waals surface area (Å²) in [4.78, 5) is 17.8. The van der Waals surface area contributed by atoms with Gasteiger partial charge < -0.3 is 5.32 Å². The van der Waals surface area contributed by atoms with Crippen molar-refractivity contribution in [2.75, 3.05) is 5.32 Å². The Balaban J connectivity index is 1.87. The van der Waals surface area contributed by atoms with Crippen LogP contribution in [0.1, 0.15) is 38.3 Å². The lowest BCUT2D eigenvalue weighted by Crippen LogP contribution is -2.42. The highest BCUT2D eigenvalue weighted by atomic mass is 19.1. The zero-order chi connectivity index (χ0) is 17.6. The molecule has 2 atom stereocenters. The second-order valence-corrected chi connectivity index (χ2v) is 7.76. The Morgan fingerprint density at radius 1 is 1.12 bits per heavy atom. The molecule has 128 valence electrons. The van der Waals surface area contributed by atoms with Crippen LogP contribution in [0.4, 0.5) is 15.8 Å². The van der Waals surface area contributed by atoms with Crippen LogP contribution in [-0.2, 0) is 4.79 Å². The molecule has 1 saturated carbocycles. The highest BCUT2D eigenvalue weighted by Gasteiger charge is 2.43. The molecule has 1 aliphatic heterocycles. The van der Waals surface area contributed by atoms with Gasteiger partial charge in [-0.3, -0.25) is 9.79 Å². The minimum atomic E-state index is -0.359. The normalized spacial score (nSPS) is 24.4. The van der Waals surface area contributed by atoms with Crippen LogP contribution in [0.2, 0.25) is 0 Å². The van der Waals surface area contributed by atoms with Crippen LogP contribution in [0, 0.1) is 17.2 Å². The molecule has 1 fully saturated rings. The van der Waals surface area contributed by atoms with Crippen LogP contribution < -0.4 is 5.32 Å². The van der Waals surface area contributed by atoms with Crippen LogP contribution in [0.25, 0.3) is 0 Å². The number of Topliss-reactive ketones (excluding diaryl/α,β-unsaturated/α-hetero) is 1. The molecule has 25 heavy (non-hydrogen) atoms. The summed E-state index contributed by atoms with van der Waals surface area (Å²) in [5.74, 6) is -0.481. The molecule has 2 aromatic carbocycles. The number of anilines is 1. The quantitative estimate of drug-likeness (QED) is 0.790. The summed E-state index contributed by atoms with van der Waals surface area (Å²) in [6, 6.07) is 14.0. The van der Waals surface area contributed by atoms with E-state index in [-0.39, 0.29) is 29.0 Å². The summed E-state index contributed by atoms with van der Waals surface area (Å²) in [7, 11) is 0. The number of aliphatic imine (C=N–C) groups is 1. The number of fused-ring (bicyclic) bond motifs is 2. The lowest BCUT2D eigenvalue weighted by Gasteiger charge is -2.37. The van der Waals surface area contributed by atoms with Gasteiger partial charge in [0.15, 0.2) is 0 Å². The first kappa shape index (κ1) is 16.0. The van der Waals surface area contributed by atoms with Gasteiger partial charge in [-0.05, 0) is 41.7 Å². The molecule has 1 unspecified atom stereocenters. The van der Waals surface area contributed by atoms with Crippen molar-refractivity contribution in [3.63, 3.8) is 0 Å². The molecule has 4 heteroatoms. The van der Waals surface area contributed by atoms with E-state index >= 15 is 0 Å². The Bertz CT molecular complexity index is 872. The lowest BCUT2D eigenvalue weighted by molar-refractivity contribution is -0.124. The minimum absolute atomic E-state index is 0.0990. The fourth-order valence-electron chi connectivity index (χ4n) is 3.99. The van der Waals surface area contributed by atoms with E-state index < -0.39 is 0 Å². The summed E-state index contributed by atoms with van der Waals surface area (Å²) < 4.78 is 13.8. The van der Waals surface area contributed by atoms with Gasteiger partial charge in [0.05, 0.1) is 23.3 Å². The van der Waals surface area contributed by atoms with Crippen molar-refractivity contribution in [1.82, 2.24) is 0 Å². The second-order valence-electron chi connectivity index (χ2n) is 7.76. The molecule has 0 aromatic heterocycles. The van der Waals surface area contributed by atoms with Crippen LogP contribution in [0.15, 0.2) is 53.5 Å². The van der Waals surface area contributed by atoms with E-state index in [4.69, 9.17) is 4.99 Å². The van der Waals surface area contributed by atoms with Crippen LogP contribution >= 0.6 is 0 Å². The third-order valence-electron chi connectivity index (χ3n) is 5.04. The molecular weight excluding hydrogens is 315 g/mol. The van der Waals surface area contributed by atoms with Gasteiger partial charge in [0.25, 0.3) is 0 Å². The van der Waals surface area contributed by atoms with Crippen LogP contribution in [-0.4, -0.2) is 11.5 Å². The third-order valence-corrected chi connectivity index (χ3v) is 5.04. The highest BCUT2D eigenvalue weighted by molar-refractivity contribution is 6.10. The van der Waals surface area contributed by atoms with Crippen molar-refractivity contribution in [1.29, 1.82) is 0 Å². The largest absolute Gasteiger partial charge is 0.375 e. The molecular formula is C21H21FN2O. The first-order valence-electron chi connectivity index (χ1n) is 8.64. The first-order chi connectivity index (χ1) is 11.9. The lowest BCUT2D eigenvalue weighted by atomic mass is 9.68. The standard InChI is InChI=1S/C21H21FN2O/c1-21(2)11-17-19(18(25)12-21)20(13-6-5-7-14(22)10-13)24-16-9-4-3-8-15(16)23-17/h3-10,19-20,24H,11-12H2,1-2H3/t19?,20-/m0/s1. The number of hydrogen-bond donors (Lipinski definition) is 1. The molecule has 0 bridgehead atoms. The van der Waals surface area contributed by atoms with Crippen LogP contribution in [0.3, 0.4) is 0 Å². The van der Waals surface area contributed by atoms with Crippen molar-refractivity contribution in [2.24, 2.45) is 16.3 Å². The topological polar surface area (TPSA) is 41.5 Å². The Morgan fingerprint density at radius 2 is 1.92 bits per heavy atom. The summed E-state index contributed by atoms with van der Waals surface area (Å²) >= 11 is 0. The number of nitrogens with zero attached hydrogens (tertiary/aromatic N) is 1. The number of carbonyl (C=O) groups excluding carboxylic acids is 1. The van der Waals surface area contributed by atoms with Crippen molar-refractivity contribution in [3.05, 3.63) is 59.9 Å². The highest BCUT2D eigenvalue weighted by Crippen LogP contribution is 2.44. The number of nitrogens with one attached hydrogen (secondary N) is 1. The summed E-state index contributed by atoms with van der Waals surface area (Å²) in [6.45, 7) is 4.20. The van der Waals surface area contributed by atoms with Crippen molar-refractivity contribution >= 4 is 22.9 Å². The number of hydrogen-bond acceptors (Lipinski definition) is 3. The molecule has 0 radical (unpaired) electrons. The fourth-order valence-corrected chi connectivity index (χ4v) is 3.99. The van der Waals surface area contributed by atoms with E-state index in [1.165, 1.54) is 12.1 Å². The van der Waals surface area contributed by atoms with Gasteiger partial charge in [0.1, 0.15) is 11.6 Å². The maximum Gasteiger partial charge on any atom is 0.144 e. The van der Waals surface area contributed by atoms with E-state index in [1.54, 1.807) is 6.07 Å². The smallest absolute Gasteiger partial charge is 0.144 e. The molecule has 2 aromatic rings. The van der Waals surface area contributed by atoms with Gasteiger partial charge in [-0.15, -0.1) is 0 Å². The summed E-state index contributed by atoms with van der Waals surface area (Å²) in [5.41, 5.74) is 3.30. The zero-order valence-corrected chi connectivity index (χ0v) is 14.4. The maximum absolute atomic E-state index is 13.8. The van der Waals surface area contributed by atoms with E-state index in [9.17, 15) is 9.18 Å². The third kappa shape index (κ3) is 2.97. The SMILES string of the molecule is CC1(C)CC(=O)C2C(=Nc3ccccc3N[C@H]2c2cccc(F)c2)C1.